The van der Waals surface area contributed by atoms with Crippen LogP contribution in [-0.2, 0) is 11.2 Å². The maximum atomic E-state index is 11.1. The van der Waals surface area contributed by atoms with Crippen molar-refractivity contribution in [2.24, 2.45) is 5.73 Å². The molecule has 0 radical (unpaired) electrons. The number of carbonyl (C=O) groups excluding carboxylic acids is 1. The van der Waals surface area contributed by atoms with E-state index in [4.69, 9.17) is 15.2 Å². The second kappa shape index (κ2) is 7.87. The molecule has 0 bridgehead atoms. The van der Waals surface area contributed by atoms with E-state index in [1.807, 2.05) is 12.1 Å². The summed E-state index contributed by atoms with van der Waals surface area (Å²) >= 11 is 0. The van der Waals surface area contributed by atoms with Gasteiger partial charge in [-0.2, -0.15) is 0 Å². The van der Waals surface area contributed by atoms with E-state index in [-0.39, 0.29) is 0 Å². The van der Waals surface area contributed by atoms with E-state index in [1.54, 1.807) is 19.1 Å². The second-order valence-corrected chi connectivity index (χ2v) is 5.51. The first-order valence-electron chi connectivity index (χ1n) is 7.70. The molecule has 1 aromatic carbocycles. The van der Waals surface area contributed by atoms with Gasteiger partial charge in [0.05, 0.1) is 14.2 Å². The molecule has 0 saturated carbocycles. The van der Waals surface area contributed by atoms with Crippen molar-refractivity contribution in [3.8, 4) is 11.5 Å². The topological polar surface area (TPSA) is 68.0 Å². The third kappa shape index (κ3) is 3.76. The summed E-state index contributed by atoms with van der Waals surface area (Å²) in [6.07, 6.45) is 3.85. The molecule has 0 unspecified atom stereocenters. The van der Waals surface area contributed by atoms with Gasteiger partial charge in [-0.25, -0.2) is 0 Å². The summed E-state index contributed by atoms with van der Waals surface area (Å²) < 4.78 is 10.8. The summed E-state index contributed by atoms with van der Waals surface area (Å²) in [5, 5.41) is 0. The third-order valence-electron chi connectivity index (χ3n) is 4.10. The van der Waals surface area contributed by atoms with Gasteiger partial charge in [-0.1, -0.05) is 0 Å². The lowest BCUT2D eigenvalue weighted by atomic mass is 9.95. The predicted molar refractivity (Wildman–Crippen MR) is 90.5 cm³/mol. The average Bonchev–Trinajstić information content (AvgIpc) is 2.58. The molecular weight excluding hydrogens is 294 g/mol. The van der Waals surface area contributed by atoms with Gasteiger partial charge >= 0.3 is 0 Å². The van der Waals surface area contributed by atoms with Gasteiger partial charge < -0.3 is 25.0 Å². The van der Waals surface area contributed by atoms with Crippen LogP contribution < -0.4 is 15.2 Å². The summed E-state index contributed by atoms with van der Waals surface area (Å²) in [6, 6.07) is 4.04. The van der Waals surface area contributed by atoms with Crippen LogP contribution in [0.2, 0.25) is 0 Å². The van der Waals surface area contributed by atoms with Crippen molar-refractivity contribution in [2.45, 2.75) is 6.42 Å². The zero-order chi connectivity index (χ0) is 16.8. The Labute approximate surface area is 137 Å². The van der Waals surface area contributed by atoms with E-state index in [1.165, 1.54) is 5.56 Å². The number of carbonyl (C=O) groups is 1. The molecule has 0 aromatic heterocycles. The fourth-order valence-corrected chi connectivity index (χ4v) is 2.80. The second-order valence-electron chi connectivity index (χ2n) is 5.51. The van der Waals surface area contributed by atoms with Crippen LogP contribution in [0, 0.1) is 0 Å². The number of nitrogens with two attached hydrogens (primary N) is 1. The summed E-state index contributed by atoms with van der Waals surface area (Å²) in [5.74, 6) is 1.45. The van der Waals surface area contributed by atoms with Crippen LogP contribution in [0.3, 0.4) is 0 Å². The fourth-order valence-electron chi connectivity index (χ4n) is 2.80. The quantitative estimate of drug-likeness (QED) is 0.758. The Kier molecular flexibility index (Phi) is 5.87. The van der Waals surface area contributed by atoms with E-state index in [0.29, 0.717) is 25.4 Å². The molecule has 2 rings (SSSR count). The Balaban J connectivity index is 2.36. The van der Waals surface area contributed by atoms with Crippen LogP contribution >= 0.6 is 0 Å². The molecule has 0 spiro atoms. The molecule has 2 N–H and O–H groups in total. The Morgan fingerprint density at radius 2 is 2.00 bits per heavy atom. The lowest BCUT2D eigenvalue weighted by molar-refractivity contribution is -0.117. The number of hydrogen-bond donors (Lipinski definition) is 1. The number of nitrogens with zero attached hydrogens (tertiary/aromatic N) is 2. The van der Waals surface area contributed by atoms with Crippen LogP contribution in [-0.4, -0.2) is 63.7 Å². The Hall–Kier alpha value is -2.21. The minimum Gasteiger partial charge on any atom is -0.493 e. The molecule has 1 aliphatic heterocycles. The van der Waals surface area contributed by atoms with Gasteiger partial charge in [-0.05, 0) is 30.2 Å². The van der Waals surface area contributed by atoms with Crippen molar-refractivity contribution >= 4 is 12.1 Å². The van der Waals surface area contributed by atoms with Gasteiger partial charge in [0.2, 0.25) is 6.41 Å². The Morgan fingerprint density at radius 1 is 1.30 bits per heavy atom. The Bertz CT molecular complexity index is 587. The molecule has 6 heteroatoms. The van der Waals surface area contributed by atoms with Gasteiger partial charge in [0.15, 0.2) is 11.5 Å². The van der Waals surface area contributed by atoms with Crippen LogP contribution in [0.5, 0.6) is 11.5 Å². The molecule has 126 valence electrons. The van der Waals surface area contributed by atoms with Crippen molar-refractivity contribution in [1.82, 2.24) is 9.80 Å². The highest BCUT2D eigenvalue weighted by molar-refractivity contribution is 5.72. The molecule has 1 heterocycles. The number of hydrogen-bond acceptors (Lipinski definition) is 5. The number of ether oxygens (including phenoxy) is 2. The average molecular weight is 319 g/mol. The number of methoxy groups -OCH3 is 2. The molecule has 1 amide bonds. The standard InChI is InChI=1S/C17H25N3O3/c1-19-7-4-13-10-16(22-2)17(23-3)11-14(13)15(19)5-8-20(12-21)9-6-18/h5,10-12H,4,6-9,18H2,1-3H3/b15-5-. The highest BCUT2D eigenvalue weighted by Gasteiger charge is 2.21. The first-order valence-corrected chi connectivity index (χ1v) is 7.70. The lowest BCUT2D eigenvalue weighted by Crippen LogP contribution is -2.30. The minimum atomic E-state index is 0.458. The first-order chi connectivity index (χ1) is 11.1. The molecule has 1 aromatic rings. The van der Waals surface area contributed by atoms with Crippen molar-refractivity contribution < 1.29 is 14.3 Å². The van der Waals surface area contributed by atoms with Gasteiger partial charge in [0.1, 0.15) is 0 Å². The predicted octanol–water partition coefficient (Wildman–Crippen LogP) is 0.950. The van der Waals surface area contributed by atoms with Crippen molar-refractivity contribution in [2.75, 3.05) is 47.4 Å². The number of benzene rings is 1. The van der Waals surface area contributed by atoms with Crippen LogP contribution in [0.1, 0.15) is 11.1 Å². The SMILES string of the molecule is COc1cc2c(cc1OC)/C(=C/CN(C=O)CCN)N(C)CC2. The van der Waals surface area contributed by atoms with Gasteiger partial charge in [0.25, 0.3) is 0 Å². The van der Waals surface area contributed by atoms with Crippen molar-refractivity contribution in [3.05, 3.63) is 29.3 Å². The van der Waals surface area contributed by atoms with E-state index in [2.05, 4.69) is 18.0 Å². The maximum Gasteiger partial charge on any atom is 0.210 e. The van der Waals surface area contributed by atoms with E-state index in [9.17, 15) is 4.79 Å². The summed E-state index contributed by atoms with van der Waals surface area (Å²) in [6.45, 7) is 2.47. The molecule has 23 heavy (non-hydrogen) atoms. The molecule has 6 nitrogen and oxygen atoms in total. The zero-order valence-electron chi connectivity index (χ0n) is 14.0. The van der Waals surface area contributed by atoms with Gasteiger partial charge in [-0.15, -0.1) is 0 Å². The molecule has 1 aliphatic rings. The normalized spacial score (nSPS) is 15.3. The number of likely N-dealkylation sites (N-methyl/N-ethyl adjacent to an activating group) is 1. The zero-order valence-corrected chi connectivity index (χ0v) is 14.0. The lowest BCUT2D eigenvalue weighted by Gasteiger charge is -2.31. The number of rotatable bonds is 7. The molecule has 0 fully saturated rings. The summed E-state index contributed by atoms with van der Waals surface area (Å²) in [4.78, 5) is 14.9. The minimum absolute atomic E-state index is 0.458. The first kappa shape index (κ1) is 17.1. The summed E-state index contributed by atoms with van der Waals surface area (Å²) in [7, 11) is 5.33. The van der Waals surface area contributed by atoms with Crippen LogP contribution in [0.15, 0.2) is 18.2 Å². The highest BCUT2D eigenvalue weighted by Crippen LogP contribution is 2.37. The maximum absolute atomic E-state index is 11.1. The van der Waals surface area contributed by atoms with E-state index >= 15 is 0 Å². The van der Waals surface area contributed by atoms with Crippen molar-refractivity contribution in [1.29, 1.82) is 0 Å². The third-order valence-corrected chi connectivity index (χ3v) is 4.10. The summed E-state index contributed by atoms with van der Waals surface area (Å²) in [5.41, 5.74) is 8.96. The molecule has 0 aliphatic carbocycles. The largest absolute Gasteiger partial charge is 0.493 e. The monoisotopic (exact) mass is 319 g/mol. The van der Waals surface area contributed by atoms with Crippen LogP contribution in [0.25, 0.3) is 5.70 Å². The van der Waals surface area contributed by atoms with Crippen LogP contribution in [0.4, 0.5) is 0 Å². The fraction of sp³-hybridized carbons (Fsp3) is 0.471. The molecule has 0 saturated heterocycles. The number of fused-ring (bicyclic) bond motifs is 1. The molecular formula is C17H25N3O3. The van der Waals surface area contributed by atoms with Gasteiger partial charge in [0, 0.05) is 44.5 Å². The van der Waals surface area contributed by atoms with E-state index in [0.717, 1.165) is 36.4 Å². The smallest absolute Gasteiger partial charge is 0.210 e. The van der Waals surface area contributed by atoms with E-state index < -0.39 is 0 Å². The highest BCUT2D eigenvalue weighted by atomic mass is 16.5. The number of amides is 1. The van der Waals surface area contributed by atoms with Crippen molar-refractivity contribution in [3.63, 3.8) is 0 Å². The van der Waals surface area contributed by atoms with Gasteiger partial charge in [-0.3, -0.25) is 4.79 Å². The Morgan fingerprint density at radius 3 is 2.61 bits per heavy atom. The molecule has 0 atom stereocenters.